The van der Waals surface area contributed by atoms with Crippen LogP contribution in [0.15, 0.2) is 0 Å². The predicted octanol–water partition coefficient (Wildman–Crippen LogP) is 0.964. The van der Waals surface area contributed by atoms with Crippen LogP contribution in [0, 0.1) is 11.8 Å². The third-order valence-corrected chi connectivity index (χ3v) is 3.03. The van der Waals surface area contributed by atoms with Gasteiger partial charge < -0.3 is 10.4 Å². The summed E-state index contributed by atoms with van der Waals surface area (Å²) >= 11 is 0. The van der Waals surface area contributed by atoms with Crippen LogP contribution in [0.25, 0.3) is 0 Å². The number of carbonyl (C=O) groups is 1. The van der Waals surface area contributed by atoms with E-state index < -0.39 is 0 Å². The average Bonchev–Trinajstić information content (AvgIpc) is 2.18. The van der Waals surface area contributed by atoms with Crippen LogP contribution in [0.4, 0.5) is 0 Å². The molecule has 0 aliphatic heterocycles. The number of hydrogen-bond donors (Lipinski definition) is 2. The van der Waals surface area contributed by atoms with Crippen LogP contribution in [0.5, 0.6) is 0 Å². The van der Waals surface area contributed by atoms with E-state index in [-0.39, 0.29) is 5.78 Å². The van der Waals surface area contributed by atoms with Gasteiger partial charge in [0.05, 0.1) is 6.54 Å². The number of ketones is 1. The van der Waals surface area contributed by atoms with E-state index in [2.05, 4.69) is 5.32 Å². The van der Waals surface area contributed by atoms with E-state index in [0.29, 0.717) is 25.0 Å². The molecular formula is C11H21NO2. The van der Waals surface area contributed by atoms with Crippen molar-refractivity contribution in [3.63, 3.8) is 0 Å². The Morgan fingerprint density at radius 1 is 1.29 bits per heavy atom. The van der Waals surface area contributed by atoms with Crippen molar-refractivity contribution in [3.05, 3.63) is 0 Å². The van der Waals surface area contributed by atoms with Crippen LogP contribution >= 0.6 is 0 Å². The highest BCUT2D eigenvalue weighted by molar-refractivity contribution is 5.77. The topological polar surface area (TPSA) is 49.3 Å². The van der Waals surface area contributed by atoms with Gasteiger partial charge in [-0.25, -0.2) is 0 Å². The fourth-order valence-electron chi connectivity index (χ4n) is 2.07. The van der Waals surface area contributed by atoms with E-state index in [1.807, 2.05) is 0 Å². The van der Waals surface area contributed by atoms with Crippen LogP contribution in [0.3, 0.4) is 0 Å². The van der Waals surface area contributed by atoms with E-state index in [9.17, 15) is 4.79 Å². The van der Waals surface area contributed by atoms with E-state index >= 15 is 0 Å². The van der Waals surface area contributed by atoms with Crippen LogP contribution in [-0.4, -0.2) is 30.6 Å². The van der Waals surface area contributed by atoms with E-state index in [1.165, 1.54) is 12.8 Å². The van der Waals surface area contributed by atoms with Crippen molar-refractivity contribution in [2.75, 3.05) is 19.7 Å². The number of hydrogen-bond acceptors (Lipinski definition) is 3. The summed E-state index contributed by atoms with van der Waals surface area (Å²) in [5, 5.41) is 12.1. The molecule has 3 nitrogen and oxygen atoms in total. The van der Waals surface area contributed by atoms with Crippen LogP contribution in [0.1, 0.15) is 32.6 Å². The molecule has 0 aromatic rings. The summed E-state index contributed by atoms with van der Waals surface area (Å²) < 4.78 is 0. The zero-order valence-corrected chi connectivity index (χ0v) is 8.96. The molecule has 0 amide bonds. The Bertz CT molecular complexity index is 174. The standard InChI is InChI=1S/C11H21NO2/c1-9(14)6-12-7-10-2-4-11(8-13)5-3-10/h10-13H,2-8H2,1H3. The summed E-state index contributed by atoms with van der Waals surface area (Å²) in [5.41, 5.74) is 0. The molecule has 0 spiro atoms. The maximum atomic E-state index is 10.7. The van der Waals surface area contributed by atoms with Crippen molar-refractivity contribution in [3.8, 4) is 0 Å². The van der Waals surface area contributed by atoms with Gasteiger partial charge in [-0.2, -0.15) is 0 Å². The minimum Gasteiger partial charge on any atom is -0.396 e. The molecule has 0 radical (unpaired) electrons. The largest absolute Gasteiger partial charge is 0.396 e. The molecule has 82 valence electrons. The molecule has 1 saturated carbocycles. The molecule has 1 rings (SSSR count). The molecule has 14 heavy (non-hydrogen) atoms. The summed E-state index contributed by atoms with van der Waals surface area (Å²) in [4.78, 5) is 10.7. The first-order valence-electron chi connectivity index (χ1n) is 5.53. The third-order valence-electron chi connectivity index (χ3n) is 3.03. The van der Waals surface area contributed by atoms with Gasteiger partial charge in [-0.15, -0.1) is 0 Å². The highest BCUT2D eigenvalue weighted by Gasteiger charge is 2.19. The lowest BCUT2D eigenvalue weighted by atomic mass is 9.82. The molecule has 1 aliphatic carbocycles. The van der Waals surface area contributed by atoms with E-state index in [0.717, 1.165) is 19.4 Å². The molecule has 0 unspecified atom stereocenters. The molecule has 3 heteroatoms. The van der Waals surface area contributed by atoms with Gasteiger partial charge >= 0.3 is 0 Å². The fraction of sp³-hybridized carbons (Fsp3) is 0.909. The van der Waals surface area contributed by atoms with Gasteiger partial charge in [0.1, 0.15) is 5.78 Å². The van der Waals surface area contributed by atoms with E-state index in [4.69, 9.17) is 5.11 Å². The molecule has 1 fully saturated rings. The number of rotatable bonds is 5. The quantitative estimate of drug-likeness (QED) is 0.693. The summed E-state index contributed by atoms with van der Waals surface area (Å²) in [7, 11) is 0. The first kappa shape index (κ1) is 11.7. The van der Waals surface area contributed by atoms with Crippen molar-refractivity contribution < 1.29 is 9.90 Å². The van der Waals surface area contributed by atoms with Gasteiger partial charge in [0.25, 0.3) is 0 Å². The molecule has 0 bridgehead atoms. The number of Topliss-reactive ketones (excluding diaryl/α,β-unsaturated/α-hetero) is 1. The Hall–Kier alpha value is -0.410. The van der Waals surface area contributed by atoms with Crippen LogP contribution < -0.4 is 5.32 Å². The molecule has 0 aromatic heterocycles. The maximum absolute atomic E-state index is 10.7. The Kier molecular flexibility index (Phi) is 5.12. The van der Waals surface area contributed by atoms with Gasteiger partial charge in [-0.3, -0.25) is 4.79 Å². The number of aliphatic hydroxyl groups excluding tert-OH is 1. The molecule has 0 heterocycles. The van der Waals surface area contributed by atoms with Crippen LogP contribution in [0.2, 0.25) is 0 Å². The lowest BCUT2D eigenvalue weighted by Gasteiger charge is -2.27. The highest BCUT2D eigenvalue weighted by atomic mass is 16.3. The lowest BCUT2D eigenvalue weighted by Crippen LogP contribution is -2.30. The molecule has 0 saturated heterocycles. The molecule has 0 aromatic carbocycles. The minimum atomic E-state index is 0.203. The summed E-state index contributed by atoms with van der Waals surface area (Å²) in [6.45, 7) is 3.40. The van der Waals surface area contributed by atoms with Crippen molar-refractivity contribution in [2.45, 2.75) is 32.6 Å². The van der Waals surface area contributed by atoms with Crippen LogP contribution in [-0.2, 0) is 4.79 Å². The van der Waals surface area contributed by atoms with Gasteiger partial charge in [0, 0.05) is 6.61 Å². The van der Waals surface area contributed by atoms with Crippen molar-refractivity contribution in [2.24, 2.45) is 11.8 Å². The normalized spacial score (nSPS) is 27.6. The molecule has 1 aliphatic rings. The van der Waals surface area contributed by atoms with Gasteiger partial charge in [0.2, 0.25) is 0 Å². The van der Waals surface area contributed by atoms with Gasteiger partial charge in [-0.1, -0.05) is 0 Å². The summed E-state index contributed by atoms with van der Waals surface area (Å²) in [5.74, 6) is 1.44. The monoisotopic (exact) mass is 199 g/mol. The highest BCUT2D eigenvalue weighted by Crippen LogP contribution is 2.27. The van der Waals surface area contributed by atoms with Crippen molar-refractivity contribution >= 4 is 5.78 Å². The average molecular weight is 199 g/mol. The zero-order chi connectivity index (χ0) is 10.4. The second kappa shape index (κ2) is 6.14. The second-order valence-electron chi connectivity index (χ2n) is 4.40. The molecule has 0 atom stereocenters. The zero-order valence-electron chi connectivity index (χ0n) is 8.96. The second-order valence-corrected chi connectivity index (χ2v) is 4.40. The predicted molar refractivity (Wildman–Crippen MR) is 56.1 cm³/mol. The number of aliphatic hydroxyl groups is 1. The molecular weight excluding hydrogens is 178 g/mol. The lowest BCUT2D eigenvalue weighted by molar-refractivity contribution is -0.116. The number of carbonyl (C=O) groups excluding carboxylic acids is 1. The fourth-order valence-corrected chi connectivity index (χ4v) is 2.07. The smallest absolute Gasteiger partial charge is 0.143 e. The number of nitrogens with one attached hydrogen (secondary N) is 1. The van der Waals surface area contributed by atoms with E-state index in [1.54, 1.807) is 6.92 Å². The summed E-state index contributed by atoms with van der Waals surface area (Å²) in [6.07, 6.45) is 4.66. The minimum absolute atomic E-state index is 0.203. The first-order chi connectivity index (χ1) is 6.72. The Balaban J connectivity index is 2.07. The van der Waals surface area contributed by atoms with Gasteiger partial charge in [0.15, 0.2) is 0 Å². The Labute approximate surface area is 85.9 Å². The molecule has 2 N–H and O–H groups in total. The Morgan fingerprint density at radius 2 is 1.86 bits per heavy atom. The first-order valence-corrected chi connectivity index (χ1v) is 5.53. The van der Waals surface area contributed by atoms with Gasteiger partial charge in [-0.05, 0) is 51.0 Å². The Morgan fingerprint density at radius 3 is 2.36 bits per heavy atom. The van der Waals surface area contributed by atoms with Crippen molar-refractivity contribution in [1.82, 2.24) is 5.32 Å². The maximum Gasteiger partial charge on any atom is 0.143 e. The summed E-state index contributed by atoms with van der Waals surface area (Å²) in [6, 6.07) is 0. The third kappa shape index (κ3) is 4.20. The SMILES string of the molecule is CC(=O)CNCC1CCC(CO)CC1. The van der Waals surface area contributed by atoms with Crippen molar-refractivity contribution in [1.29, 1.82) is 0 Å².